The molecule has 0 amide bonds. The molecule has 1 aromatic heterocycles. The number of carbonyl (C=O) groups is 1. The Morgan fingerprint density at radius 2 is 2.11 bits per heavy atom. The summed E-state index contributed by atoms with van der Waals surface area (Å²) in [5.74, 6) is -0.390. The predicted octanol–water partition coefficient (Wildman–Crippen LogP) is 2.53. The molecule has 5 nitrogen and oxygen atoms in total. The number of aromatic nitrogens is 1. The zero-order chi connectivity index (χ0) is 13.1. The third-order valence-corrected chi connectivity index (χ3v) is 2.52. The van der Waals surface area contributed by atoms with E-state index in [9.17, 15) is 14.9 Å². The highest BCUT2D eigenvalue weighted by Crippen LogP contribution is 2.22. The molecule has 0 radical (unpaired) electrons. The van der Waals surface area contributed by atoms with Crippen LogP contribution >= 0.6 is 0 Å². The molecule has 1 heterocycles. The maximum atomic E-state index is 12.2. The molecule has 2 aromatic rings. The van der Waals surface area contributed by atoms with Gasteiger partial charge >= 0.3 is 0 Å². The molecule has 0 atom stereocenters. The number of rotatable bonds is 3. The van der Waals surface area contributed by atoms with Gasteiger partial charge in [0.25, 0.3) is 5.69 Å². The highest BCUT2D eigenvalue weighted by molar-refractivity contribution is 6.11. The molecule has 2 rings (SSSR count). The molecule has 0 saturated carbocycles. The van der Waals surface area contributed by atoms with E-state index >= 15 is 0 Å². The summed E-state index contributed by atoms with van der Waals surface area (Å²) in [6.07, 6.45) is 2.94. The van der Waals surface area contributed by atoms with E-state index < -0.39 is 10.7 Å². The minimum absolute atomic E-state index is 0.0907. The molecule has 90 valence electrons. The Kier molecular flexibility index (Phi) is 3.14. The number of pyridine rings is 1. The lowest BCUT2D eigenvalue weighted by atomic mass is 10.0. The third kappa shape index (κ3) is 2.24. The van der Waals surface area contributed by atoms with Crippen LogP contribution < -0.4 is 0 Å². The highest BCUT2D eigenvalue weighted by atomic mass is 16.6. The summed E-state index contributed by atoms with van der Waals surface area (Å²) in [6, 6.07) is 7.68. The third-order valence-electron chi connectivity index (χ3n) is 2.52. The van der Waals surface area contributed by atoms with Crippen molar-refractivity contribution in [2.75, 3.05) is 0 Å². The van der Waals surface area contributed by atoms with Crippen LogP contribution in [0.2, 0.25) is 0 Å². The van der Waals surface area contributed by atoms with Crippen LogP contribution in [0.25, 0.3) is 0 Å². The Hall–Kier alpha value is -2.56. The number of nitro groups is 1. The predicted molar refractivity (Wildman–Crippen MR) is 65.5 cm³/mol. The molecule has 0 bridgehead atoms. The van der Waals surface area contributed by atoms with Crippen LogP contribution in [0.1, 0.15) is 21.5 Å². The first-order chi connectivity index (χ1) is 8.59. The van der Waals surface area contributed by atoms with Crippen molar-refractivity contribution in [1.82, 2.24) is 4.98 Å². The molecule has 0 spiro atoms. The van der Waals surface area contributed by atoms with Gasteiger partial charge in [-0.05, 0) is 30.7 Å². The maximum Gasteiger partial charge on any atom is 0.280 e. The second kappa shape index (κ2) is 4.75. The van der Waals surface area contributed by atoms with Crippen LogP contribution in [0.5, 0.6) is 0 Å². The van der Waals surface area contributed by atoms with Gasteiger partial charge in [0.15, 0.2) is 0 Å². The molecule has 18 heavy (non-hydrogen) atoms. The SMILES string of the molecule is Cc1ccc([N+](=O)[O-])c(C(=O)c2cccnc2)c1. The van der Waals surface area contributed by atoms with Crippen LogP contribution in [-0.2, 0) is 0 Å². The number of ketones is 1. The zero-order valence-corrected chi connectivity index (χ0v) is 9.66. The molecular weight excluding hydrogens is 232 g/mol. The Morgan fingerprint density at radius 3 is 2.72 bits per heavy atom. The van der Waals surface area contributed by atoms with Crippen molar-refractivity contribution < 1.29 is 9.72 Å². The summed E-state index contributed by atoms with van der Waals surface area (Å²) in [6.45, 7) is 1.78. The summed E-state index contributed by atoms with van der Waals surface area (Å²) >= 11 is 0. The second-order valence-corrected chi connectivity index (χ2v) is 3.85. The smallest absolute Gasteiger partial charge is 0.280 e. The lowest BCUT2D eigenvalue weighted by molar-refractivity contribution is -0.385. The van der Waals surface area contributed by atoms with Crippen molar-refractivity contribution in [1.29, 1.82) is 0 Å². The van der Waals surface area contributed by atoms with Gasteiger partial charge in [-0.3, -0.25) is 19.9 Å². The van der Waals surface area contributed by atoms with E-state index in [-0.39, 0.29) is 11.3 Å². The van der Waals surface area contributed by atoms with Crippen LogP contribution in [0.4, 0.5) is 5.69 Å². The lowest BCUT2D eigenvalue weighted by Crippen LogP contribution is -2.06. The number of carbonyl (C=O) groups excluding carboxylic acids is 1. The van der Waals surface area contributed by atoms with Gasteiger partial charge in [0.2, 0.25) is 5.78 Å². The highest BCUT2D eigenvalue weighted by Gasteiger charge is 2.21. The van der Waals surface area contributed by atoms with Gasteiger partial charge in [-0.2, -0.15) is 0 Å². The normalized spacial score (nSPS) is 10.1. The average molecular weight is 242 g/mol. The first kappa shape index (κ1) is 11.9. The molecule has 1 aromatic carbocycles. The minimum atomic E-state index is -0.553. The average Bonchev–Trinajstić information content (AvgIpc) is 2.38. The van der Waals surface area contributed by atoms with E-state index in [0.717, 1.165) is 5.56 Å². The van der Waals surface area contributed by atoms with E-state index in [4.69, 9.17) is 0 Å². The number of benzene rings is 1. The van der Waals surface area contributed by atoms with Gasteiger partial charge in [-0.15, -0.1) is 0 Å². The van der Waals surface area contributed by atoms with Crippen molar-refractivity contribution >= 4 is 11.5 Å². The van der Waals surface area contributed by atoms with Crippen molar-refractivity contribution in [3.63, 3.8) is 0 Å². The zero-order valence-electron chi connectivity index (χ0n) is 9.66. The van der Waals surface area contributed by atoms with Crippen LogP contribution in [0.3, 0.4) is 0 Å². The van der Waals surface area contributed by atoms with Crippen molar-refractivity contribution in [2.24, 2.45) is 0 Å². The molecule has 0 aliphatic heterocycles. The topological polar surface area (TPSA) is 73.1 Å². The van der Waals surface area contributed by atoms with Crippen molar-refractivity contribution in [3.8, 4) is 0 Å². The van der Waals surface area contributed by atoms with E-state index in [2.05, 4.69) is 4.98 Å². The number of nitro benzene ring substituents is 1. The summed E-state index contributed by atoms with van der Waals surface area (Å²) in [7, 11) is 0. The summed E-state index contributed by atoms with van der Waals surface area (Å²) in [4.78, 5) is 26.4. The van der Waals surface area contributed by atoms with Gasteiger partial charge in [0, 0.05) is 24.0 Å². The van der Waals surface area contributed by atoms with Crippen LogP contribution in [0.15, 0.2) is 42.7 Å². The number of hydrogen-bond donors (Lipinski definition) is 0. The molecule has 0 N–H and O–H groups in total. The largest absolute Gasteiger partial charge is 0.288 e. The second-order valence-electron chi connectivity index (χ2n) is 3.85. The Balaban J connectivity index is 2.54. The summed E-state index contributed by atoms with van der Waals surface area (Å²) < 4.78 is 0. The fraction of sp³-hybridized carbons (Fsp3) is 0.0769. The van der Waals surface area contributed by atoms with Gasteiger partial charge in [0.1, 0.15) is 5.56 Å². The van der Waals surface area contributed by atoms with E-state index in [1.54, 1.807) is 31.3 Å². The quantitative estimate of drug-likeness (QED) is 0.471. The monoisotopic (exact) mass is 242 g/mol. The summed E-state index contributed by atoms with van der Waals surface area (Å²) in [5, 5.41) is 10.9. The minimum Gasteiger partial charge on any atom is -0.288 e. The molecule has 0 aliphatic rings. The lowest BCUT2D eigenvalue weighted by Gasteiger charge is -2.03. The Bertz CT molecular complexity index is 609. The summed E-state index contributed by atoms with van der Waals surface area (Å²) in [5.41, 5.74) is 1.04. The standard InChI is InChI=1S/C13H10N2O3/c1-9-4-5-12(15(17)18)11(7-9)13(16)10-3-2-6-14-8-10/h2-8H,1H3. The number of hydrogen-bond acceptors (Lipinski definition) is 4. The van der Waals surface area contributed by atoms with E-state index in [0.29, 0.717) is 5.56 Å². The van der Waals surface area contributed by atoms with Crippen molar-refractivity contribution in [2.45, 2.75) is 6.92 Å². The van der Waals surface area contributed by atoms with Gasteiger partial charge in [0.05, 0.1) is 4.92 Å². The van der Waals surface area contributed by atoms with Gasteiger partial charge in [-0.25, -0.2) is 0 Å². The first-order valence-corrected chi connectivity index (χ1v) is 5.29. The number of aryl methyl sites for hydroxylation is 1. The fourth-order valence-electron chi connectivity index (χ4n) is 1.64. The van der Waals surface area contributed by atoms with Crippen LogP contribution in [-0.4, -0.2) is 15.7 Å². The van der Waals surface area contributed by atoms with Crippen LogP contribution in [0, 0.1) is 17.0 Å². The Labute approximate surface area is 103 Å². The molecule has 0 aliphatic carbocycles. The van der Waals surface area contributed by atoms with Gasteiger partial charge in [-0.1, -0.05) is 6.07 Å². The van der Waals surface area contributed by atoms with Gasteiger partial charge < -0.3 is 0 Å². The number of nitrogens with zero attached hydrogens (tertiary/aromatic N) is 2. The van der Waals surface area contributed by atoms with E-state index in [1.165, 1.54) is 18.3 Å². The molecule has 5 heteroatoms. The molecular formula is C13H10N2O3. The fourth-order valence-corrected chi connectivity index (χ4v) is 1.64. The molecule has 0 saturated heterocycles. The Morgan fingerprint density at radius 1 is 1.33 bits per heavy atom. The maximum absolute atomic E-state index is 12.2. The molecule has 0 fully saturated rings. The van der Waals surface area contributed by atoms with E-state index in [1.807, 2.05) is 0 Å². The van der Waals surface area contributed by atoms with Crippen molar-refractivity contribution in [3.05, 3.63) is 69.5 Å². The first-order valence-electron chi connectivity index (χ1n) is 5.29. The molecule has 0 unspecified atom stereocenters.